The molecule has 53 heavy (non-hydrogen) atoms. The van der Waals surface area contributed by atoms with Crippen molar-refractivity contribution < 1.29 is 28.5 Å². The smallest absolute Gasteiger partial charge is 0.311 e. The zero-order valence-electron chi connectivity index (χ0n) is 32.3. The summed E-state index contributed by atoms with van der Waals surface area (Å²) in [5.41, 5.74) is 5.72. The maximum atomic E-state index is 13.8. The Balaban J connectivity index is 1.28. The van der Waals surface area contributed by atoms with Crippen LogP contribution < -0.4 is 14.4 Å². The fraction of sp³-hybridized carbons (Fsp3) is 0.465. The van der Waals surface area contributed by atoms with Gasteiger partial charge in [0, 0.05) is 47.0 Å². The van der Waals surface area contributed by atoms with Gasteiger partial charge in [0.1, 0.15) is 25.1 Å². The number of ether oxygens (including phenoxy) is 5. The molecule has 4 aromatic rings. The number of hydrogen-bond donors (Lipinski definition) is 0. The summed E-state index contributed by atoms with van der Waals surface area (Å²) in [6.07, 6.45) is 3.93. The first-order valence-electron chi connectivity index (χ1n) is 18.5. The minimum Gasteiger partial charge on any atom is -0.487 e. The number of nitrogens with zero attached hydrogens (tertiary/aromatic N) is 3. The molecule has 2 aromatic heterocycles. The first kappa shape index (κ1) is 38.6. The highest BCUT2D eigenvalue weighted by Crippen LogP contribution is 2.54. The number of anilines is 1. The Morgan fingerprint density at radius 1 is 0.962 bits per heavy atom. The van der Waals surface area contributed by atoms with E-state index < -0.39 is 11.2 Å². The van der Waals surface area contributed by atoms with Gasteiger partial charge in [0.25, 0.3) is 0 Å². The van der Waals surface area contributed by atoms with Crippen LogP contribution in [-0.2, 0) is 32.2 Å². The lowest BCUT2D eigenvalue weighted by Crippen LogP contribution is -2.41. The topological polar surface area (TPSA) is 92.2 Å². The quantitative estimate of drug-likeness (QED) is 0.117. The van der Waals surface area contributed by atoms with E-state index in [1.54, 1.807) is 6.20 Å². The minimum atomic E-state index is -0.778. The molecule has 1 fully saturated rings. The van der Waals surface area contributed by atoms with Crippen molar-refractivity contribution in [3.63, 3.8) is 0 Å². The molecular formula is C43H53N3O6S. The van der Waals surface area contributed by atoms with E-state index in [1.165, 1.54) is 11.1 Å². The van der Waals surface area contributed by atoms with Gasteiger partial charge in [-0.2, -0.15) is 0 Å². The molecule has 2 aliphatic rings. The second kappa shape index (κ2) is 16.1. The molecule has 0 amide bonds. The predicted molar refractivity (Wildman–Crippen MR) is 210 cm³/mol. The monoisotopic (exact) mass is 739 g/mol. The van der Waals surface area contributed by atoms with Crippen molar-refractivity contribution in [2.24, 2.45) is 5.41 Å². The summed E-state index contributed by atoms with van der Waals surface area (Å²) in [7, 11) is 0. The molecule has 0 N–H and O–H groups in total. The molecule has 1 saturated heterocycles. The highest BCUT2D eigenvalue weighted by Gasteiger charge is 2.46. The Morgan fingerprint density at radius 2 is 1.74 bits per heavy atom. The van der Waals surface area contributed by atoms with Crippen LogP contribution in [-0.4, -0.2) is 58.4 Å². The highest BCUT2D eigenvalue weighted by atomic mass is 32.2. The first-order valence-corrected chi connectivity index (χ1v) is 19.4. The fourth-order valence-corrected chi connectivity index (χ4v) is 8.32. The van der Waals surface area contributed by atoms with E-state index in [9.17, 15) is 4.79 Å². The average Bonchev–Trinajstić information content (AvgIpc) is 3.61. The van der Waals surface area contributed by atoms with Crippen LogP contribution in [0.3, 0.4) is 0 Å². The van der Waals surface area contributed by atoms with Crippen LogP contribution in [0.5, 0.6) is 11.6 Å². The van der Waals surface area contributed by atoms with Crippen LogP contribution in [0.15, 0.2) is 85.2 Å². The van der Waals surface area contributed by atoms with Crippen LogP contribution in [0.1, 0.15) is 83.9 Å². The summed E-state index contributed by atoms with van der Waals surface area (Å²) in [4.78, 5) is 25.2. The normalized spacial score (nSPS) is 19.5. The van der Waals surface area contributed by atoms with Gasteiger partial charge in [0.05, 0.1) is 29.6 Å². The molecule has 0 aliphatic carbocycles. The van der Waals surface area contributed by atoms with Gasteiger partial charge >= 0.3 is 5.97 Å². The van der Waals surface area contributed by atoms with Crippen LogP contribution in [0.25, 0.3) is 11.1 Å². The van der Waals surface area contributed by atoms with Crippen LogP contribution in [0.2, 0.25) is 0 Å². The number of carbonyl (C=O) groups excluding carboxylic acids is 1. The lowest BCUT2D eigenvalue weighted by Gasteiger charge is -2.37. The molecule has 9 nitrogen and oxygen atoms in total. The van der Waals surface area contributed by atoms with Crippen molar-refractivity contribution in [1.82, 2.24) is 9.97 Å². The van der Waals surface area contributed by atoms with E-state index >= 15 is 0 Å². The number of carbonyl (C=O) groups is 1. The molecule has 2 aliphatic heterocycles. The molecule has 4 heterocycles. The maximum absolute atomic E-state index is 13.8. The van der Waals surface area contributed by atoms with Gasteiger partial charge in [-0.15, -0.1) is 11.8 Å². The third-order valence-electron chi connectivity index (χ3n) is 9.37. The molecule has 0 saturated carbocycles. The van der Waals surface area contributed by atoms with Gasteiger partial charge in [-0.1, -0.05) is 51.1 Å². The van der Waals surface area contributed by atoms with E-state index in [-0.39, 0.29) is 34.7 Å². The Kier molecular flexibility index (Phi) is 11.7. The van der Waals surface area contributed by atoms with Gasteiger partial charge in [0.2, 0.25) is 5.88 Å². The van der Waals surface area contributed by atoms with E-state index in [4.69, 9.17) is 23.7 Å². The van der Waals surface area contributed by atoms with Crippen molar-refractivity contribution in [2.45, 2.75) is 103 Å². The van der Waals surface area contributed by atoms with Gasteiger partial charge in [0.15, 0.2) is 5.79 Å². The predicted octanol–water partition coefficient (Wildman–Crippen LogP) is 9.19. The van der Waals surface area contributed by atoms with Crippen molar-refractivity contribution in [1.29, 1.82) is 0 Å². The number of pyridine rings is 2. The Hall–Kier alpha value is -4.12. The third kappa shape index (κ3) is 9.90. The maximum Gasteiger partial charge on any atom is 0.311 e. The zero-order chi connectivity index (χ0) is 37.8. The molecule has 6 rings (SSSR count). The summed E-state index contributed by atoms with van der Waals surface area (Å²) < 4.78 is 29.3. The molecular weight excluding hydrogens is 687 g/mol. The van der Waals surface area contributed by atoms with E-state index in [2.05, 4.69) is 72.0 Å². The molecule has 3 atom stereocenters. The molecule has 0 radical (unpaired) electrons. The number of benzene rings is 2. The molecule has 0 spiro atoms. The average molecular weight is 740 g/mol. The number of rotatable bonds is 14. The van der Waals surface area contributed by atoms with Crippen molar-refractivity contribution in [2.75, 3.05) is 24.7 Å². The zero-order valence-corrected chi connectivity index (χ0v) is 33.1. The fourth-order valence-electron chi connectivity index (χ4n) is 6.84. The van der Waals surface area contributed by atoms with E-state index in [1.807, 2.05) is 89.0 Å². The van der Waals surface area contributed by atoms with Crippen LogP contribution >= 0.6 is 11.8 Å². The standard InChI is InChI=1S/C43H53N3O6S/c1-9-48-38-20-17-31(24-45-38)30-15-13-29(14-16-30)25-46-36-19-18-33(49-26-32-12-10-11-21-44-32)22-35(36)39(53-41(2,3)4)37(46)23-42(5,6)40(47)50-27-34-28-51-43(7,8)52-34/h10-22,24,34,37,39H,9,23,25-28H2,1-8H3. The summed E-state index contributed by atoms with van der Waals surface area (Å²) in [6.45, 7) is 18.6. The Bertz CT molecular complexity index is 1830. The lowest BCUT2D eigenvalue weighted by molar-refractivity contribution is -0.165. The first-order chi connectivity index (χ1) is 25.2. The second-order valence-corrected chi connectivity index (χ2v) is 17.8. The summed E-state index contributed by atoms with van der Waals surface area (Å²) in [6, 6.07) is 24.8. The molecule has 10 heteroatoms. The summed E-state index contributed by atoms with van der Waals surface area (Å²) in [5, 5.41) is 0.0667. The second-order valence-electron chi connectivity index (χ2n) is 15.8. The number of aromatic nitrogens is 2. The highest BCUT2D eigenvalue weighted by molar-refractivity contribution is 8.00. The summed E-state index contributed by atoms with van der Waals surface area (Å²) in [5.74, 6) is 0.497. The van der Waals surface area contributed by atoms with Crippen LogP contribution in [0, 0.1) is 5.41 Å². The number of thioether (sulfide) groups is 1. The van der Waals surface area contributed by atoms with Crippen molar-refractivity contribution in [3.8, 4) is 22.8 Å². The van der Waals surface area contributed by atoms with E-state index in [0.717, 1.165) is 28.3 Å². The molecule has 2 aromatic carbocycles. The number of esters is 1. The van der Waals surface area contributed by atoms with Crippen LogP contribution in [0.4, 0.5) is 5.69 Å². The third-order valence-corrected chi connectivity index (χ3v) is 10.9. The van der Waals surface area contributed by atoms with E-state index in [0.29, 0.717) is 38.7 Å². The lowest BCUT2D eigenvalue weighted by atomic mass is 9.84. The van der Waals surface area contributed by atoms with Gasteiger partial charge < -0.3 is 28.6 Å². The molecule has 0 bridgehead atoms. The molecule has 3 unspecified atom stereocenters. The van der Waals surface area contributed by atoms with Crippen molar-refractivity contribution in [3.05, 3.63) is 102 Å². The Morgan fingerprint density at radius 3 is 2.38 bits per heavy atom. The number of hydrogen-bond acceptors (Lipinski definition) is 10. The minimum absolute atomic E-state index is 0.0113. The Labute approximate surface area is 318 Å². The van der Waals surface area contributed by atoms with Gasteiger partial charge in [-0.05, 0) is 94.1 Å². The van der Waals surface area contributed by atoms with Crippen molar-refractivity contribution >= 4 is 23.4 Å². The van der Waals surface area contributed by atoms with Gasteiger partial charge in [-0.25, -0.2) is 4.98 Å². The van der Waals surface area contributed by atoms with Gasteiger partial charge in [-0.3, -0.25) is 9.78 Å². The molecule has 282 valence electrons. The largest absolute Gasteiger partial charge is 0.487 e. The summed E-state index contributed by atoms with van der Waals surface area (Å²) >= 11 is 1.93. The number of fused-ring (bicyclic) bond motifs is 1. The SMILES string of the molecule is CCOc1ccc(-c2ccc(CN3c4ccc(OCc5ccccn5)cc4C(SC(C)(C)C)C3CC(C)(C)C(=O)OCC3COC(C)(C)O3)cc2)cn1.